The van der Waals surface area contributed by atoms with Crippen molar-refractivity contribution >= 4 is 44.4 Å². The predicted octanol–water partition coefficient (Wildman–Crippen LogP) is 3.39. The van der Waals surface area contributed by atoms with Gasteiger partial charge in [0.25, 0.3) is 0 Å². The van der Waals surface area contributed by atoms with Crippen molar-refractivity contribution in [2.45, 2.75) is 0 Å². The molecule has 2 nitrogen and oxygen atoms in total. The summed E-state index contributed by atoms with van der Waals surface area (Å²) >= 11 is 2.32. The second-order valence-electron chi connectivity index (χ2n) is 3.33. The van der Waals surface area contributed by atoms with Crippen molar-refractivity contribution in [3.05, 3.63) is 46.3 Å². The molecule has 0 saturated carbocycles. The zero-order valence-electron chi connectivity index (χ0n) is 7.81. The molecule has 0 aliphatic carbocycles. The zero-order valence-corrected chi connectivity index (χ0v) is 9.97. The first-order chi connectivity index (χ1) is 7.36. The van der Waals surface area contributed by atoms with Gasteiger partial charge in [-0.3, -0.25) is 9.97 Å². The minimum absolute atomic E-state index is 0.980. The monoisotopic (exact) mass is 306 g/mol. The third-order valence-corrected chi connectivity index (χ3v) is 3.37. The molecule has 0 unspecified atom stereocenters. The first kappa shape index (κ1) is 9.03. The summed E-state index contributed by atoms with van der Waals surface area (Å²) in [4.78, 5) is 8.79. The van der Waals surface area contributed by atoms with E-state index in [2.05, 4.69) is 50.8 Å². The van der Waals surface area contributed by atoms with Crippen LogP contribution in [0.25, 0.3) is 21.8 Å². The Morgan fingerprint density at radius 3 is 2.67 bits per heavy atom. The fourth-order valence-electron chi connectivity index (χ4n) is 1.72. The van der Waals surface area contributed by atoms with Crippen LogP contribution in [0.1, 0.15) is 0 Å². The van der Waals surface area contributed by atoms with Crippen LogP contribution in [0.4, 0.5) is 0 Å². The molecule has 0 N–H and O–H groups in total. The van der Waals surface area contributed by atoms with Crippen LogP contribution in [-0.4, -0.2) is 9.97 Å². The van der Waals surface area contributed by atoms with Crippen molar-refractivity contribution < 1.29 is 0 Å². The average molecular weight is 306 g/mol. The van der Waals surface area contributed by atoms with E-state index in [1.807, 2.05) is 24.5 Å². The summed E-state index contributed by atoms with van der Waals surface area (Å²) in [5, 5.41) is 2.31. The van der Waals surface area contributed by atoms with Crippen LogP contribution in [0.15, 0.2) is 42.7 Å². The molecule has 0 fully saturated rings. The lowest BCUT2D eigenvalue weighted by atomic mass is 10.1. The molecule has 15 heavy (non-hydrogen) atoms. The van der Waals surface area contributed by atoms with Crippen LogP contribution in [0.2, 0.25) is 0 Å². The maximum Gasteiger partial charge on any atom is 0.0975 e. The predicted molar refractivity (Wildman–Crippen MR) is 69.8 cm³/mol. The van der Waals surface area contributed by atoms with E-state index in [0.29, 0.717) is 0 Å². The number of nitrogens with zero attached hydrogens (tertiary/aromatic N) is 2. The summed E-state index contributed by atoms with van der Waals surface area (Å²) in [6.45, 7) is 0. The van der Waals surface area contributed by atoms with Crippen molar-refractivity contribution in [2.75, 3.05) is 0 Å². The highest BCUT2D eigenvalue weighted by Gasteiger charge is 2.04. The Kier molecular flexibility index (Phi) is 2.05. The number of hydrogen-bond acceptors (Lipinski definition) is 2. The van der Waals surface area contributed by atoms with E-state index in [4.69, 9.17) is 0 Å². The van der Waals surface area contributed by atoms with Gasteiger partial charge in [-0.25, -0.2) is 0 Å². The highest BCUT2D eigenvalue weighted by molar-refractivity contribution is 14.1. The van der Waals surface area contributed by atoms with Crippen LogP contribution >= 0.6 is 22.6 Å². The molecule has 0 amide bonds. The standard InChI is InChI=1S/C12H7IN2/c13-10-5-7-15-12-9(10)4-3-8-2-1-6-14-11(8)12/h1-7H. The number of halogens is 1. The third kappa shape index (κ3) is 1.38. The Bertz CT molecular complexity index is 649. The van der Waals surface area contributed by atoms with Crippen LogP contribution in [0, 0.1) is 3.57 Å². The Morgan fingerprint density at radius 2 is 1.73 bits per heavy atom. The van der Waals surface area contributed by atoms with Crippen LogP contribution in [0.5, 0.6) is 0 Å². The number of pyridine rings is 2. The molecule has 3 heteroatoms. The Hall–Kier alpha value is -1.23. The molecule has 2 heterocycles. The summed E-state index contributed by atoms with van der Waals surface area (Å²) in [6.07, 6.45) is 3.64. The minimum atomic E-state index is 0.980. The summed E-state index contributed by atoms with van der Waals surface area (Å²) in [5.74, 6) is 0. The van der Waals surface area contributed by atoms with Gasteiger partial charge in [-0.2, -0.15) is 0 Å². The molecule has 72 valence electrons. The second-order valence-corrected chi connectivity index (χ2v) is 4.49. The van der Waals surface area contributed by atoms with Gasteiger partial charge in [-0.1, -0.05) is 18.2 Å². The number of hydrogen-bond donors (Lipinski definition) is 0. The van der Waals surface area contributed by atoms with Gasteiger partial charge in [-0.15, -0.1) is 0 Å². The van der Waals surface area contributed by atoms with Crippen molar-refractivity contribution in [3.8, 4) is 0 Å². The highest BCUT2D eigenvalue weighted by Crippen LogP contribution is 2.24. The summed E-state index contributed by atoms with van der Waals surface area (Å²) in [6, 6.07) is 10.2. The molecule has 0 aliphatic heterocycles. The molecule has 0 atom stereocenters. The van der Waals surface area contributed by atoms with E-state index in [1.54, 1.807) is 0 Å². The van der Waals surface area contributed by atoms with E-state index in [-0.39, 0.29) is 0 Å². The van der Waals surface area contributed by atoms with Crippen molar-refractivity contribution in [1.29, 1.82) is 0 Å². The summed E-state index contributed by atoms with van der Waals surface area (Å²) in [5.41, 5.74) is 1.97. The summed E-state index contributed by atoms with van der Waals surface area (Å²) < 4.78 is 1.21. The van der Waals surface area contributed by atoms with Crippen molar-refractivity contribution in [1.82, 2.24) is 9.97 Å². The van der Waals surface area contributed by atoms with Gasteiger partial charge < -0.3 is 0 Å². The Morgan fingerprint density at radius 1 is 0.867 bits per heavy atom. The lowest BCUT2D eigenvalue weighted by Gasteiger charge is -2.02. The molecular formula is C12H7IN2. The average Bonchev–Trinajstić information content (AvgIpc) is 2.29. The van der Waals surface area contributed by atoms with Gasteiger partial charge in [0.1, 0.15) is 0 Å². The smallest absolute Gasteiger partial charge is 0.0975 e. The van der Waals surface area contributed by atoms with E-state index in [9.17, 15) is 0 Å². The van der Waals surface area contributed by atoms with Crippen molar-refractivity contribution in [2.24, 2.45) is 0 Å². The molecule has 3 aromatic rings. The Balaban J connectivity index is 2.60. The summed E-state index contributed by atoms with van der Waals surface area (Å²) in [7, 11) is 0. The largest absolute Gasteiger partial charge is 0.254 e. The van der Waals surface area contributed by atoms with E-state index >= 15 is 0 Å². The normalized spacial score (nSPS) is 11.0. The number of aromatic nitrogens is 2. The topological polar surface area (TPSA) is 25.8 Å². The lowest BCUT2D eigenvalue weighted by Crippen LogP contribution is -1.86. The maximum atomic E-state index is 4.40. The van der Waals surface area contributed by atoms with E-state index in [1.165, 1.54) is 8.96 Å². The highest BCUT2D eigenvalue weighted by atomic mass is 127. The quantitative estimate of drug-likeness (QED) is 0.470. The minimum Gasteiger partial charge on any atom is -0.254 e. The number of benzene rings is 1. The van der Waals surface area contributed by atoms with Gasteiger partial charge in [0.05, 0.1) is 11.0 Å². The SMILES string of the molecule is Ic1ccnc2c1ccc1cccnc12. The maximum absolute atomic E-state index is 4.40. The lowest BCUT2D eigenvalue weighted by molar-refractivity contribution is 1.37. The van der Waals surface area contributed by atoms with Crippen LogP contribution < -0.4 is 0 Å². The molecule has 0 bridgehead atoms. The molecule has 0 aliphatic rings. The van der Waals surface area contributed by atoms with Gasteiger partial charge in [0, 0.05) is 26.7 Å². The number of fused-ring (bicyclic) bond motifs is 3. The van der Waals surface area contributed by atoms with Gasteiger partial charge >= 0.3 is 0 Å². The fraction of sp³-hybridized carbons (Fsp3) is 0. The molecular weight excluding hydrogens is 299 g/mol. The molecule has 3 rings (SSSR count). The van der Waals surface area contributed by atoms with Gasteiger partial charge in [0.2, 0.25) is 0 Å². The third-order valence-electron chi connectivity index (χ3n) is 2.43. The first-order valence-corrected chi connectivity index (χ1v) is 5.72. The zero-order chi connectivity index (χ0) is 10.3. The Labute approximate surface area is 100 Å². The van der Waals surface area contributed by atoms with Crippen LogP contribution in [0.3, 0.4) is 0 Å². The second kappa shape index (κ2) is 3.41. The molecule has 2 aromatic heterocycles. The molecule has 1 aromatic carbocycles. The van der Waals surface area contributed by atoms with Crippen molar-refractivity contribution in [3.63, 3.8) is 0 Å². The molecule has 0 spiro atoms. The molecule has 0 saturated heterocycles. The molecule has 0 radical (unpaired) electrons. The first-order valence-electron chi connectivity index (χ1n) is 4.64. The van der Waals surface area contributed by atoms with E-state index < -0.39 is 0 Å². The van der Waals surface area contributed by atoms with Crippen LogP contribution in [-0.2, 0) is 0 Å². The fourth-order valence-corrected chi connectivity index (χ4v) is 2.32. The van der Waals surface area contributed by atoms with Gasteiger partial charge in [0.15, 0.2) is 0 Å². The van der Waals surface area contributed by atoms with Gasteiger partial charge in [-0.05, 0) is 34.7 Å². The number of rotatable bonds is 0. The van der Waals surface area contributed by atoms with E-state index in [0.717, 1.165) is 16.4 Å².